The summed E-state index contributed by atoms with van der Waals surface area (Å²) in [4.78, 5) is 22.6. The number of hydrogen-bond donors (Lipinski definition) is 1. The highest BCUT2D eigenvalue weighted by atomic mass is 32.2. The standard InChI is InChI=1S/C24H31F3N6O5S/c1-39(36,37)19-10-11-31(15-19)18-8-6-16(7-9-18)13-32(23-29-12-20(33(34)35)22(28)30-23)14-17-4-2-3-5-21(17)38-24(25,26)27/h2-5,12,16,18-19H,6-11,13-15H2,1H3,(H2,28,29,30). The fourth-order valence-electron chi connectivity index (χ4n) is 5.39. The number of sulfone groups is 1. The highest BCUT2D eigenvalue weighted by molar-refractivity contribution is 7.91. The van der Waals surface area contributed by atoms with Crippen LogP contribution in [0.5, 0.6) is 5.75 Å². The minimum absolute atomic E-state index is 0.0361. The van der Waals surface area contributed by atoms with Crippen LogP contribution >= 0.6 is 0 Å². The molecule has 39 heavy (non-hydrogen) atoms. The number of alkyl halides is 3. The molecule has 15 heteroatoms. The van der Waals surface area contributed by atoms with Crippen molar-refractivity contribution in [2.45, 2.75) is 56.3 Å². The summed E-state index contributed by atoms with van der Waals surface area (Å²) in [6.07, 6.45) is 1.35. The van der Waals surface area contributed by atoms with Gasteiger partial charge in [0.2, 0.25) is 11.8 Å². The predicted molar refractivity (Wildman–Crippen MR) is 138 cm³/mol. The van der Waals surface area contributed by atoms with Crippen molar-refractivity contribution >= 4 is 27.3 Å². The first-order chi connectivity index (χ1) is 18.3. The van der Waals surface area contributed by atoms with Gasteiger partial charge in [-0.25, -0.2) is 13.4 Å². The summed E-state index contributed by atoms with van der Waals surface area (Å²) in [5, 5.41) is 10.8. The van der Waals surface area contributed by atoms with Gasteiger partial charge in [0.25, 0.3) is 0 Å². The van der Waals surface area contributed by atoms with Crippen molar-refractivity contribution in [3.63, 3.8) is 0 Å². The van der Waals surface area contributed by atoms with Crippen LogP contribution in [0.2, 0.25) is 0 Å². The van der Waals surface area contributed by atoms with Crippen LogP contribution in [0, 0.1) is 16.0 Å². The van der Waals surface area contributed by atoms with Gasteiger partial charge in [-0.05, 0) is 50.6 Å². The Morgan fingerprint density at radius 1 is 1.21 bits per heavy atom. The number of likely N-dealkylation sites (tertiary alicyclic amines) is 1. The number of ether oxygens (including phenoxy) is 1. The van der Waals surface area contributed by atoms with Gasteiger partial charge in [0.05, 0.1) is 10.2 Å². The molecule has 0 radical (unpaired) electrons. The maximum absolute atomic E-state index is 13.0. The molecule has 1 aromatic heterocycles. The molecular weight excluding hydrogens is 541 g/mol. The molecule has 2 N–H and O–H groups in total. The van der Waals surface area contributed by atoms with E-state index in [1.807, 2.05) is 0 Å². The number of nitrogens with zero attached hydrogens (tertiary/aromatic N) is 5. The zero-order chi connectivity index (χ0) is 28.4. The monoisotopic (exact) mass is 572 g/mol. The largest absolute Gasteiger partial charge is 0.573 e. The minimum Gasteiger partial charge on any atom is -0.405 e. The highest BCUT2D eigenvalue weighted by Crippen LogP contribution is 2.34. The smallest absolute Gasteiger partial charge is 0.405 e. The first-order valence-corrected chi connectivity index (χ1v) is 14.5. The number of nitrogen functional groups attached to an aromatic ring is 1. The average Bonchev–Trinajstić information content (AvgIpc) is 3.35. The number of nitro groups is 1. The molecule has 0 spiro atoms. The molecule has 2 aliphatic rings. The van der Waals surface area contributed by atoms with Gasteiger partial charge in [-0.1, -0.05) is 18.2 Å². The third-order valence-electron chi connectivity index (χ3n) is 7.42. The molecule has 1 unspecified atom stereocenters. The van der Waals surface area contributed by atoms with Gasteiger partial charge in [-0.3, -0.25) is 15.0 Å². The Balaban J connectivity index is 1.50. The van der Waals surface area contributed by atoms with Crippen molar-refractivity contribution in [3.8, 4) is 5.75 Å². The van der Waals surface area contributed by atoms with E-state index >= 15 is 0 Å². The van der Waals surface area contributed by atoms with E-state index in [-0.39, 0.29) is 46.8 Å². The van der Waals surface area contributed by atoms with Gasteiger partial charge in [0.1, 0.15) is 11.9 Å². The van der Waals surface area contributed by atoms with Gasteiger partial charge in [0.15, 0.2) is 9.84 Å². The first kappa shape index (κ1) is 28.8. The maximum Gasteiger partial charge on any atom is 0.573 e. The van der Waals surface area contributed by atoms with E-state index in [4.69, 9.17) is 5.73 Å². The summed E-state index contributed by atoms with van der Waals surface area (Å²) in [6, 6.07) is 6.02. The van der Waals surface area contributed by atoms with Crippen LogP contribution in [-0.2, 0) is 16.4 Å². The Labute approximate surface area is 224 Å². The lowest BCUT2D eigenvalue weighted by Gasteiger charge is -2.36. The van der Waals surface area contributed by atoms with E-state index < -0.39 is 26.8 Å². The third kappa shape index (κ3) is 7.47. The van der Waals surface area contributed by atoms with E-state index in [0.717, 1.165) is 38.4 Å². The lowest BCUT2D eigenvalue weighted by molar-refractivity contribution is -0.384. The molecule has 214 valence electrons. The Morgan fingerprint density at radius 2 is 1.90 bits per heavy atom. The molecule has 1 saturated heterocycles. The Kier molecular flexibility index (Phi) is 8.49. The fourth-order valence-corrected chi connectivity index (χ4v) is 6.39. The van der Waals surface area contributed by atoms with E-state index in [2.05, 4.69) is 19.6 Å². The number of benzene rings is 1. The van der Waals surface area contributed by atoms with Gasteiger partial charge in [-0.15, -0.1) is 13.2 Å². The molecular formula is C24H31F3N6O5S. The Hall–Kier alpha value is -3.20. The van der Waals surface area contributed by atoms with Gasteiger partial charge >= 0.3 is 12.0 Å². The summed E-state index contributed by atoms with van der Waals surface area (Å²) in [7, 11) is -3.08. The molecule has 1 aromatic carbocycles. The molecule has 1 saturated carbocycles. The summed E-state index contributed by atoms with van der Waals surface area (Å²) in [5.74, 6) is -0.487. The second-order valence-corrected chi connectivity index (χ2v) is 12.5. The Morgan fingerprint density at radius 3 is 2.49 bits per heavy atom. The molecule has 1 aliphatic carbocycles. The van der Waals surface area contributed by atoms with Crippen molar-refractivity contribution < 1.29 is 31.2 Å². The number of rotatable bonds is 9. The lowest BCUT2D eigenvalue weighted by atomic mass is 9.85. The highest BCUT2D eigenvalue weighted by Gasteiger charge is 2.36. The second kappa shape index (κ2) is 11.5. The Bertz CT molecular complexity index is 1290. The average molecular weight is 573 g/mol. The van der Waals surface area contributed by atoms with Gasteiger partial charge in [-0.2, -0.15) is 4.98 Å². The van der Waals surface area contributed by atoms with Gasteiger partial charge < -0.3 is 15.4 Å². The normalized spacial score (nSPS) is 22.5. The van der Waals surface area contributed by atoms with Crippen molar-refractivity contribution in [2.75, 3.05) is 36.5 Å². The number of hydrogen-bond acceptors (Lipinski definition) is 10. The SMILES string of the molecule is CS(=O)(=O)C1CCN(C2CCC(CN(Cc3ccccc3OC(F)(F)F)c3ncc([N+](=O)[O-])c(N)n3)CC2)C1. The molecule has 11 nitrogen and oxygen atoms in total. The van der Waals surface area contributed by atoms with Crippen LogP contribution in [0.1, 0.15) is 37.7 Å². The first-order valence-electron chi connectivity index (χ1n) is 12.6. The van der Waals surface area contributed by atoms with Crippen molar-refractivity contribution in [1.29, 1.82) is 0 Å². The van der Waals surface area contributed by atoms with Crippen molar-refractivity contribution in [1.82, 2.24) is 14.9 Å². The quantitative estimate of drug-likeness (QED) is 0.350. The number of anilines is 2. The summed E-state index contributed by atoms with van der Waals surface area (Å²) >= 11 is 0. The van der Waals surface area contributed by atoms with Crippen molar-refractivity contribution in [3.05, 3.63) is 46.1 Å². The molecule has 4 rings (SSSR count). The third-order valence-corrected chi connectivity index (χ3v) is 9.01. The van der Waals surface area contributed by atoms with Crippen LogP contribution in [0.15, 0.2) is 30.5 Å². The van der Waals surface area contributed by atoms with E-state index in [1.54, 1.807) is 11.0 Å². The van der Waals surface area contributed by atoms with E-state index in [1.165, 1.54) is 24.5 Å². The molecule has 0 bridgehead atoms. The maximum atomic E-state index is 13.0. The number of nitrogens with two attached hydrogens (primary N) is 1. The minimum atomic E-state index is -4.88. The summed E-state index contributed by atoms with van der Waals surface area (Å²) in [5.41, 5.74) is 5.57. The molecule has 2 aromatic rings. The molecule has 0 amide bonds. The second-order valence-electron chi connectivity index (χ2n) is 10.1. The van der Waals surface area contributed by atoms with Crippen LogP contribution in [0.3, 0.4) is 0 Å². The zero-order valence-electron chi connectivity index (χ0n) is 21.4. The van der Waals surface area contributed by atoms with Crippen LogP contribution in [0.4, 0.5) is 30.6 Å². The number of para-hydroxylation sites is 1. The predicted octanol–water partition coefficient (Wildman–Crippen LogP) is 3.55. The zero-order valence-corrected chi connectivity index (χ0v) is 22.2. The fraction of sp³-hybridized carbons (Fsp3) is 0.583. The number of halogens is 3. The van der Waals surface area contributed by atoms with E-state index in [0.29, 0.717) is 19.5 Å². The topological polar surface area (TPSA) is 145 Å². The number of aromatic nitrogens is 2. The van der Waals surface area contributed by atoms with Gasteiger partial charge in [0, 0.05) is 37.5 Å². The molecule has 2 fully saturated rings. The van der Waals surface area contributed by atoms with Crippen LogP contribution in [0.25, 0.3) is 0 Å². The molecule has 1 atom stereocenters. The van der Waals surface area contributed by atoms with Crippen molar-refractivity contribution in [2.24, 2.45) is 5.92 Å². The van der Waals surface area contributed by atoms with E-state index in [9.17, 15) is 31.7 Å². The lowest BCUT2D eigenvalue weighted by Crippen LogP contribution is -2.40. The van der Waals surface area contributed by atoms with Crippen LogP contribution < -0.4 is 15.4 Å². The molecule has 1 aliphatic heterocycles. The van der Waals surface area contributed by atoms with Crippen LogP contribution in [-0.4, -0.2) is 71.8 Å². The summed E-state index contributed by atoms with van der Waals surface area (Å²) in [6.45, 7) is 1.62. The molecule has 2 heterocycles. The summed E-state index contributed by atoms with van der Waals surface area (Å²) < 4.78 is 67.1.